The Bertz CT molecular complexity index is 1120. The van der Waals surface area contributed by atoms with Crippen molar-refractivity contribution in [2.24, 2.45) is 11.8 Å². The van der Waals surface area contributed by atoms with Gasteiger partial charge in [-0.1, -0.05) is 19.0 Å². The van der Waals surface area contributed by atoms with Crippen LogP contribution < -0.4 is 14.8 Å². The van der Waals surface area contributed by atoms with Crippen LogP contribution in [0.1, 0.15) is 63.2 Å². The normalized spacial score (nSPS) is 18.6. The van der Waals surface area contributed by atoms with Gasteiger partial charge in [-0.3, -0.25) is 4.79 Å². The van der Waals surface area contributed by atoms with Gasteiger partial charge in [-0.2, -0.15) is 9.29 Å². The van der Waals surface area contributed by atoms with Crippen molar-refractivity contribution in [1.82, 2.24) is 19.8 Å². The second-order valence-electron chi connectivity index (χ2n) is 9.19. The zero-order chi connectivity index (χ0) is 24.5. The lowest BCUT2D eigenvalue weighted by Gasteiger charge is -2.31. The number of sulfonamides is 1. The Morgan fingerprint density at radius 3 is 2.38 bits per heavy atom. The smallest absolute Gasteiger partial charge is 0.249 e. The van der Waals surface area contributed by atoms with Crippen molar-refractivity contribution in [2.75, 3.05) is 27.3 Å². The van der Waals surface area contributed by atoms with E-state index >= 15 is 0 Å². The van der Waals surface area contributed by atoms with E-state index in [-0.39, 0.29) is 41.8 Å². The first-order valence-corrected chi connectivity index (χ1v) is 13.0. The molecule has 1 atom stereocenters. The van der Waals surface area contributed by atoms with Gasteiger partial charge in [0.2, 0.25) is 21.8 Å². The molecule has 2 heterocycles. The molecule has 1 aromatic heterocycles. The Kier molecular flexibility index (Phi) is 7.13. The van der Waals surface area contributed by atoms with Crippen molar-refractivity contribution < 1.29 is 27.2 Å². The first-order valence-electron chi connectivity index (χ1n) is 11.6. The monoisotopic (exact) mass is 492 g/mol. The van der Waals surface area contributed by atoms with Crippen molar-refractivity contribution in [2.45, 2.75) is 56.4 Å². The van der Waals surface area contributed by atoms with E-state index in [0.29, 0.717) is 42.0 Å². The van der Waals surface area contributed by atoms with Gasteiger partial charge in [-0.15, -0.1) is 0 Å². The molecular weight excluding hydrogens is 460 g/mol. The summed E-state index contributed by atoms with van der Waals surface area (Å²) in [5.74, 6) is 1.99. The van der Waals surface area contributed by atoms with Crippen molar-refractivity contribution in [1.29, 1.82) is 0 Å². The Morgan fingerprint density at radius 2 is 1.79 bits per heavy atom. The average molecular weight is 493 g/mol. The molecule has 1 amide bonds. The second-order valence-corrected chi connectivity index (χ2v) is 11.1. The number of ether oxygens (including phenoxy) is 2. The summed E-state index contributed by atoms with van der Waals surface area (Å²) in [6.07, 6.45) is 3.01. The van der Waals surface area contributed by atoms with Crippen molar-refractivity contribution >= 4 is 15.9 Å². The van der Waals surface area contributed by atoms with Crippen LogP contribution >= 0.6 is 0 Å². The summed E-state index contributed by atoms with van der Waals surface area (Å²) in [6, 6.07) is 4.16. The third-order valence-electron chi connectivity index (χ3n) is 6.45. The molecule has 0 radical (unpaired) electrons. The van der Waals surface area contributed by atoms with E-state index in [4.69, 9.17) is 14.0 Å². The third kappa shape index (κ3) is 5.05. The lowest BCUT2D eigenvalue weighted by Crippen LogP contribution is -2.44. The van der Waals surface area contributed by atoms with Gasteiger partial charge in [0.1, 0.15) is 6.04 Å². The molecule has 1 aromatic carbocycles. The number of nitrogens with zero attached hydrogens (tertiary/aromatic N) is 3. The molecule has 4 rings (SSSR count). The Balaban J connectivity index is 1.39. The number of benzene rings is 1. The Hall–Kier alpha value is -2.66. The fourth-order valence-corrected chi connectivity index (χ4v) is 5.64. The van der Waals surface area contributed by atoms with Gasteiger partial charge < -0.3 is 19.3 Å². The maximum absolute atomic E-state index is 13.1. The zero-order valence-electron chi connectivity index (χ0n) is 20.0. The van der Waals surface area contributed by atoms with Gasteiger partial charge in [0.15, 0.2) is 17.3 Å². The highest BCUT2D eigenvalue weighted by Gasteiger charge is 2.35. The van der Waals surface area contributed by atoms with Crippen molar-refractivity contribution in [3.63, 3.8) is 0 Å². The number of hydrogen-bond acceptors (Lipinski definition) is 8. The number of rotatable bonds is 9. The second kappa shape index (κ2) is 9.91. The van der Waals surface area contributed by atoms with Crippen molar-refractivity contribution in [3.05, 3.63) is 29.9 Å². The molecule has 1 aliphatic carbocycles. The van der Waals surface area contributed by atoms with Crippen LogP contribution in [-0.2, 0) is 14.8 Å². The van der Waals surface area contributed by atoms with E-state index < -0.39 is 10.0 Å². The van der Waals surface area contributed by atoms with Gasteiger partial charge in [0.25, 0.3) is 0 Å². The average Bonchev–Trinajstić information content (AvgIpc) is 3.58. The summed E-state index contributed by atoms with van der Waals surface area (Å²) in [5.41, 5.74) is 0. The van der Waals surface area contributed by atoms with Crippen LogP contribution in [0.15, 0.2) is 27.6 Å². The number of aromatic nitrogens is 2. The third-order valence-corrected chi connectivity index (χ3v) is 8.34. The number of hydrogen-bond donors (Lipinski definition) is 1. The fraction of sp³-hybridized carbons (Fsp3) is 0.609. The minimum Gasteiger partial charge on any atom is -0.493 e. The highest BCUT2D eigenvalue weighted by Crippen LogP contribution is 2.39. The highest BCUT2D eigenvalue weighted by molar-refractivity contribution is 7.89. The lowest BCUT2D eigenvalue weighted by atomic mass is 9.95. The molecule has 2 fully saturated rings. The van der Waals surface area contributed by atoms with Gasteiger partial charge in [0.05, 0.1) is 19.1 Å². The molecule has 2 aliphatic rings. The SMILES string of the molecule is COc1ccc(S(=O)(=O)N2CCC(C(=O)NC(c3nc(C4CC4)no3)C(C)C)CC2)cc1OC. The number of methoxy groups -OCH3 is 2. The van der Waals surface area contributed by atoms with E-state index in [1.165, 1.54) is 30.7 Å². The maximum atomic E-state index is 13.1. The topological polar surface area (TPSA) is 124 Å². The largest absolute Gasteiger partial charge is 0.493 e. The number of piperidine rings is 1. The van der Waals surface area contributed by atoms with Gasteiger partial charge in [0, 0.05) is 31.0 Å². The molecule has 0 spiro atoms. The summed E-state index contributed by atoms with van der Waals surface area (Å²) in [6.45, 7) is 4.50. The van der Waals surface area contributed by atoms with Gasteiger partial charge in [-0.25, -0.2) is 8.42 Å². The lowest BCUT2D eigenvalue weighted by molar-refractivity contribution is -0.127. The number of amides is 1. The summed E-state index contributed by atoms with van der Waals surface area (Å²) in [7, 11) is -0.757. The van der Waals surface area contributed by atoms with Crippen LogP contribution in [0.25, 0.3) is 0 Å². The molecule has 1 N–H and O–H groups in total. The number of carbonyl (C=O) groups excluding carboxylic acids is 1. The minimum absolute atomic E-state index is 0.0713. The van der Waals surface area contributed by atoms with Crippen LogP contribution in [0.5, 0.6) is 11.5 Å². The van der Waals surface area contributed by atoms with E-state index in [1.54, 1.807) is 6.07 Å². The first kappa shape index (κ1) is 24.5. The molecule has 1 saturated carbocycles. The molecule has 11 heteroatoms. The number of carbonyl (C=O) groups is 1. The maximum Gasteiger partial charge on any atom is 0.249 e. The molecule has 1 unspecified atom stereocenters. The summed E-state index contributed by atoms with van der Waals surface area (Å²) in [4.78, 5) is 17.7. The van der Waals surface area contributed by atoms with Crippen molar-refractivity contribution in [3.8, 4) is 11.5 Å². The standard InChI is InChI=1S/C23H32N4O6S/c1-14(2)20(23-25-21(26-33-23)15-5-6-15)24-22(28)16-9-11-27(12-10-16)34(29,30)17-7-8-18(31-3)19(13-17)32-4/h7-8,13-16,20H,5-6,9-12H2,1-4H3,(H,24,28). The quantitative estimate of drug-likeness (QED) is 0.567. The van der Waals surface area contributed by atoms with E-state index in [2.05, 4.69) is 15.5 Å². The molecule has 10 nitrogen and oxygen atoms in total. The predicted molar refractivity (Wildman–Crippen MR) is 123 cm³/mol. The van der Waals surface area contributed by atoms with Crippen LogP contribution in [0.3, 0.4) is 0 Å². The Labute approximate surface area is 200 Å². The summed E-state index contributed by atoms with van der Waals surface area (Å²) in [5, 5.41) is 7.12. The first-order chi connectivity index (χ1) is 16.2. The van der Waals surface area contributed by atoms with Crippen LogP contribution in [0.2, 0.25) is 0 Å². The molecule has 1 saturated heterocycles. The predicted octanol–water partition coefficient (Wildman–Crippen LogP) is 2.88. The number of nitrogens with one attached hydrogen (secondary N) is 1. The van der Waals surface area contributed by atoms with Gasteiger partial charge >= 0.3 is 0 Å². The zero-order valence-corrected chi connectivity index (χ0v) is 20.8. The molecule has 1 aliphatic heterocycles. The van der Waals surface area contributed by atoms with E-state index in [9.17, 15) is 13.2 Å². The molecule has 186 valence electrons. The summed E-state index contributed by atoms with van der Waals surface area (Å²) >= 11 is 0. The van der Waals surface area contributed by atoms with E-state index in [0.717, 1.165) is 12.8 Å². The minimum atomic E-state index is -3.71. The van der Waals surface area contributed by atoms with Crippen LogP contribution in [-0.4, -0.2) is 56.1 Å². The molecule has 0 bridgehead atoms. The van der Waals surface area contributed by atoms with Gasteiger partial charge in [-0.05, 0) is 43.7 Å². The summed E-state index contributed by atoms with van der Waals surface area (Å²) < 4.78 is 43.6. The highest BCUT2D eigenvalue weighted by atomic mass is 32.2. The molecule has 2 aromatic rings. The fourth-order valence-electron chi connectivity index (χ4n) is 4.15. The molecular formula is C23H32N4O6S. The molecule has 34 heavy (non-hydrogen) atoms. The van der Waals surface area contributed by atoms with Crippen LogP contribution in [0.4, 0.5) is 0 Å². The van der Waals surface area contributed by atoms with E-state index in [1.807, 2.05) is 13.8 Å². The van der Waals surface area contributed by atoms with Crippen LogP contribution in [0, 0.1) is 11.8 Å². The Morgan fingerprint density at radius 1 is 1.12 bits per heavy atom.